The zero-order valence-corrected chi connectivity index (χ0v) is 8.48. The average Bonchev–Trinajstić information content (AvgIpc) is 2.03. The third kappa shape index (κ3) is 2.74. The first-order valence-electron chi connectivity index (χ1n) is 4.09. The number of anilines is 1. The van der Waals surface area contributed by atoms with Crippen molar-refractivity contribution in [3.05, 3.63) is 29.3 Å². The Bertz CT molecular complexity index is 302. The van der Waals surface area contributed by atoms with Crippen LogP contribution in [0.4, 0.5) is 5.69 Å². The molecular formula is C10H12ClNO. The van der Waals surface area contributed by atoms with Gasteiger partial charge in [-0.05, 0) is 36.6 Å². The van der Waals surface area contributed by atoms with E-state index in [9.17, 15) is 4.79 Å². The maximum absolute atomic E-state index is 10.5. The molecule has 70 valence electrons. The SMILES string of the molecule is Cc1cccc(C)c1NCC(=O)Cl. The van der Waals surface area contributed by atoms with Crippen LogP contribution in [0.3, 0.4) is 0 Å². The molecule has 0 saturated carbocycles. The van der Waals surface area contributed by atoms with Crippen LogP contribution in [0.15, 0.2) is 18.2 Å². The zero-order valence-electron chi connectivity index (χ0n) is 7.73. The lowest BCUT2D eigenvalue weighted by Gasteiger charge is -2.10. The van der Waals surface area contributed by atoms with Crippen molar-refractivity contribution in [2.75, 3.05) is 11.9 Å². The van der Waals surface area contributed by atoms with Gasteiger partial charge in [-0.15, -0.1) is 0 Å². The van der Waals surface area contributed by atoms with Gasteiger partial charge in [-0.3, -0.25) is 4.79 Å². The van der Waals surface area contributed by atoms with Crippen molar-refractivity contribution in [3.8, 4) is 0 Å². The molecule has 1 N–H and O–H groups in total. The topological polar surface area (TPSA) is 29.1 Å². The Balaban J connectivity index is 2.81. The number of benzene rings is 1. The Morgan fingerprint density at radius 2 is 1.92 bits per heavy atom. The van der Waals surface area contributed by atoms with E-state index in [1.54, 1.807) is 0 Å². The Hall–Kier alpha value is -1.02. The van der Waals surface area contributed by atoms with Gasteiger partial charge >= 0.3 is 0 Å². The molecule has 0 atom stereocenters. The maximum Gasteiger partial charge on any atom is 0.240 e. The molecule has 0 fully saturated rings. The summed E-state index contributed by atoms with van der Waals surface area (Å²) in [5, 5.41) is 2.63. The number of hydrogen-bond acceptors (Lipinski definition) is 2. The molecule has 13 heavy (non-hydrogen) atoms. The van der Waals surface area contributed by atoms with Crippen molar-refractivity contribution in [2.45, 2.75) is 13.8 Å². The minimum atomic E-state index is -0.373. The fourth-order valence-corrected chi connectivity index (χ4v) is 1.32. The van der Waals surface area contributed by atoms with Crippen LogP contribution in [0.2, 0.25) is 0 Å². The predicted molar refractivity (Wildman–Crippen MR) is 55.3 cm³/mol. The highest BCUT2D eigenvalue weighted by atomic mass is 35.5. The lowest BCUT2D eigenvalue weighted by Crippen LogP contribution is -2.09. The molecule has 0 aromatic heterocycles. The summed E-state index contributed by atoms with van der Waals surface area (Å²) < 4.78 is 0. The van der Waals surface area contributed by atoms with E-state index in [2.05, 4.69) is 5.32 Å². The number of halogens is 1. The number of nitrogens with one attached hydrogen (secondary N) is 1. The Morgan fingerprint density at radius 1 is 1.38 bits per heavy atom. The standard InChI is InChI=1S/C10H12ClNO/c1-7-4-3-5-8(2)10(7)12-6-9(11)13/h3-5,12H,6H2,1-2H3. The molecule has 0 bridgehead atoms. The highest BCUT2D eigenvalue weighted by Crippen LogP contribution is 2.18. The monoisotopic (exact) mass is 197 g/mol. The van der Waals surface area contributed by atoms with Gasteiger partial charge in [-0.2, -0.15) is 0 Å². The molecule has 0 saturated heterocycles. The van der Waals surface area contributed by atoms with Crippen LogP contribution >= 0.6 is 11.6 Å². The van der Waals surface area contributed by atoms with E-state index >= 15 is 0 Å². The van der Waals surface area contributed by atoms with E-state index < -0.39 is 0 Å². The highest BCUT2D eigenvalue weighted by molar-refractivity contribution is 6.64. The molecule has 1 aromatic rings. The number of para-hydroxylation sites is 1. The van der Waals surface area contributed by atoms with Gasteiger partial charge in [0, 0.05) is 5.69 Å². The van der Waals surface area contributed by atoms with E-state index in [1.807, 2.05) is 32.0 Å². The van der Waals surface area contributed by atoms with E-state index in [0.29, 0.717) is 0 Å². The number of carbonyl (C=O) groups is 1. The Kier molecular flexibility index (Phi) is 3.32. The normalized spacial score (nSPS) is 9.77. The molecule has 0 unspecified atom stereocenters. The zero-order chi connectivity index (χ0) is 9.84. The second-order valence-corrected chi connectivity index (χ2v) is 3.40. The average molecular weight is 198 g/mol. The number of aryl methyl sites for hydroxylation is 2. The van der Waals surface area contributed by atoms with Gasteiger partial charge in [0.2, 0.25) is 5.24 Å². The first-order chi connectivity index (χ1) is 6.11. The summed E-state index contributed by atoms with van der Waals surface area (Å²) in [6.45, 7) is 4.16. The number of rotatable bonds is 3. The van der Waals surface area contributed by atoms with Gasteiger partial charge < -0.3 is 5.32 Å². The molecule has 0 spiro atoms. The molecule has 3 heteroatoms. The van der Waals surface area contributed by atoms with Crippen LogP contribution < -0.4 is 5.32 Å². The molecule has 1 rings (SSSR count). The summed E-state index contributed by atoms with van der Waals surface area (Å²) >= 11 is 5.23. The van der Waals surface area contributed by atoms with Gasteiger partial charge in [-0.25, -0.2) is 0 Å². The summed E-state index contributed by atoms with van der Waals surface area (Å²) in [6.07, 6.45) is 0. The van der Waals surface area contributed by atoms with Crippen LogP contribution in [0.1, 0.15) is 11.1 Å². The minimum Gasteiger partial charge on any atom is -0.376 e. The second kappa shape index (κ2) is 4.28. The summed E-state index contributed by atoms with van der Waals surface area (Å²) in [4.78, 5) is 10.5. The summed E-state index contributed by atoms with van der Waals surface area (Å²) in [5.74, 6) is 0. The van der Waals surface area contributed by atoms with E-state index in [-0.39, 0.29) is 11.8 Å². The molecular weight excluding hydrogens is 186 g/mol. The van der Waals surface area contributed by atoms with E-state index in [0.717, 1.165) is 16.8 Å². The maximum atomic E-state index is 10.5. The fraction of sp³-hybridized carbons (Fsp3) is 0.300. The Labute approximate surface area is 82.9 Å². The third-order valence-corrected chi connectivity index (χ3v) is 2.02. The van der Waals surface area contributed by atoms with Gasteiger partial charge in [-0.1, -0.05) is 18.2 Å². The largest absolute Gasteiger partial charge is 0.376 e. The second-order valence-electron chi connectivity index (χ2n) is 2.98. The smallest absolute Gasteiger partial charge is 0.240 e. The van der Waals surface area contributed by atoms with Crippen molar-refractivity contribution in [3.63, 3.8) is 0 Å². The van der Waals surface area contributed by atoms with Crippen LogP contribution in [0.25, 0.3) is 0 Å². The van der Waals surface area contributed by atoms with Crippen LogP contribution in [-0.2, 0) is 4.79 Å². The summed E-state index contributed by atoms with van der Waals surface area (Å²) in [5.41, 5.74) is 3.24. The van der Waals surface area contributed by atoms with Gasteiger partial charge in [0.1, 0.15) is 0 Å². The molecule has 1 aromatic carbocycles. The lowest BCUT2D eigenvalue weighted by molar-refractivity contribution is -0.110. The number of carbonyl (C=O) groups excluding carboxylic acids is 1. The first kappa shape index (κ1) is 10.1. The molecule has 0 amide bonds. The molecule has 0 aliphatic rings. The van der Waals surface area contributed by atoms with Crippen molar-refractivity contribution >= 4 is 22.5 Å². The molecule has 0 radical (unpaired) electrons. The van der Waals surface area contributed by atoms with Crippen LogP contribution in [-0.4, -0.2) is 11.8 Å². The number of hydrogen-bond donors (Lipinski definition) is 1. The molecule has 0 aliphatic carbocycles. The third-order valence-electron chi connectivity index (χ3n) is 1.89. The fourth-order valence-electron chi connectivity index (χ4n) is 1.25. The molecule has 0 heterocycles. The molecule has 0 aliphatic heterocycles. The van der Waals surface area contributed by atoms with E-state index in [1.165, 1.54) is 0 Å². The first-order valence-corrected chi connectivity index (χ1v) is 4.47. The molecule has 2 nitrogen and oxygen atoms in total. The van der Waals surface area contributed by atoms with Crippen molar-refractivity contribution < 1.29 is 4.79 Å². The predicted octanol–water partition coefficient (Wildman–Crippen LogP) is 2.48. The van der Waals surface area contributed by atoms with Crippen molar-refractivity contribution in [1.82, 2.24) is 0 Å². The lowest BCUT2D eigenvalue weighted by atomic mass is 10.1. The van der Waals surface area contributed by atoms with E-state index in [4.69, 9.17) is 11.6 Å². The highest BCUT2D eigenvalue weighted by Gasteiger charge is 2.02. The quantitative estimate of drug-likeness (QED) is 0.755. The Morgan fingerprint density at radius 3 is 2.38 bits per heavy atom. The van der Waals surface area contributed by atoms with Gasteiger partial charge in [0.05, 0.1) is 6.54 Å². The summed E-state index contributed by atoms with van der Waals surface area (Å²) in [6, 6.07) is 5.97. The van der Waals surface area contributed by atoms with Crippen molar-refractivity contribution in [1.29, 1.82) is 0 Å². The van der Waals surface area contributed by atoms with Crippen molar-refractivity contribution in [2.24, 2.45) is 0 Å². The minimum absolute atomic E-state index is 0.174. The van der Waals surface area contributed by atoms with Crippen LogP contribution in [0, 0.1) is 13.8 Å². The van der Waals surface area contributed by atoms with Gasteiger partial charge in [0.15, 0.2) is 0 Å². The van der Waals surface area contributed by atoms with Gasteiger partial charge in [0.25, 0.3) is 0 Å². The van der Waals surface area contributed by atoms with Crippen LogP contribution in [0.5, 0.6) is 0 Å². The summed E-state index contributed by atoms with van der Waals surface area (Å²) in [7, 11) is 0.